The van der Waals surface area contributed by atoms with Crippen LogP contribution in [0.1, 0.15) is 41.7 Å². The van der Waals surface area contributed by atoms with E-state index in [1.54, 1.807) is 0 Å². The summed E-state index contributed by atoms with van der Waals surface area (Å²) in [6.45, 7) is 8.22. The number of amides is 1. The molecule has 0 aliphatic heterocycles. The fourth-order valence-corrected chi connectivity index (χ4v) is 5.80. The summed E-state index contributed by atoms with van der Waals surface area (Å²) in [5, 5.41) is 8.61. The Morgan fingerprint density at radius 2 is 1.77 bits per heavy atom. The molecule has 8 nitrogen and oxygen atoms in total. The number of carbonyl (C=O) groups excluding carboxylic acids is 2. The van der Waals surface area contributed by atoms with Crippen LogP contribution in [0.4, 0.5) is 5.95 Å². The number of hydrogen-bond acceptors (Lipinski definition) is 5. The van der Waals surface area contributed by atoms with Crippen molar-refractivity contribution in [3.63, 3.8) is 0 Å². The summed E-state index contributed by atoms with van der Waals surface area (Å²) in [7, 11) is -1.14. The number of rotatable bonds is 15. The van der Waals surface area contributed by atoms with Crippen molar-refractivity contribution >= 4 is 37.1 Å². The molecule has 0 bridgehead atoms. The van der Waals surface area contributed by atoms with Gasteiger partial charge in [0.1, 0.15) is 13.0 Å². The van der Waals surface area contributed by atoms with E-state index in [2.05, 4.69) is 48.3 Å². The molecular weight excluding hydrogens is 567 g/mol. The molecule has 0 saturated carbocycles. The number of para-hydroxylation sites is 1. The van der Waals surface area contributed by atoms with Gasteiger partial charge in [-0.25, -0.2) is 9.67 Å². The molecule has 3 aromatic carbocycles. The van der Waals surface area contributed by atoms with Gasteiger partial charge in [0.15, 0.2) is 0 Å². The number of aromatic nitrogens is 4. The highest BCUT2D eigenvalue weighted by Gasteiger charge is 2.16. The first-order chi connectivity index (χ1) is 21.3. The highest BCUT2D eigenvalue weighted by Crippen LogP contribution is 2.26. The van der Waals surface area contributed by atoms with Gasteiger partial charge in [-0.05, 0) is 72.8 Å². The van der Waals surface area contributed by atoms with Crippen molar-refractivity contribution < 1.29 is 14.3 Å². The summed E-state index contributed by atoms with van der Waals surface area (Å²) in [5.41, 5.74) is 5.34. The number of unbranched alkanes of at least 4 members (excludes halogenated alkanes) is 3. The Balaban J connectivity index is 1.30. The molecule has 0 atom stereocenters. The Kier molecular flexibility index (Phi) is 10.2. The van der Waals surface area contributed by atoms with Crippen LogP contribution in [0.2, 0.25) is 25.7 Å². The second kappa shape index (κ2) is 14.4. The van der Waals surface area contributed by atoms with Crippen molar-refractivity contribution in [2.45, 2.75) is 64.5 Å². The lowest BCUT2D eigenvalue weighted by molar-refractivity contribution is -0.107. The normalized spacial score (nSPS) is 11.6. The Hall–Kier alpha value is -4.34. The number of fused-ring (bicyclic) bond motifs is 1. The number of ether oxygens (including phenoxy) is 1. The predicted octanol–water partition coefficient (Wildman–Crippen LogP) is 7.76. The Labute approximate surface area is 260 Å². The van der Waals surface area contributed by atoms with Crippen molar-refractivity contribution in [1.29, 1.82) is 0 Å². The van der Waals surface area contributed by atoms with Gasteiger partial charge in [-0.1, -0.05) is 62.5 Å². The van der Waals surface area contributed by atoms with Gasteiger partial charge in [0.25, 0.3) is 5.91 Å². The molecule has 0 radical (unpaired) electrons. The van der Waals surface area contributed by atoms with E-state index < -0.39 is 8.07 Å². The van der Waals surface area contributed by atoms with E-state index in [1.807, 2.05) is 76.2 Å². The van der Waals surface area contributed by atoms with Crippen LogP contribution in [0.5, 0.6) is 0 Å². The smallest absolute Gasteiger partial charge is 0.258 e. The number of imidazole rings is 1. The lowest BCUT2D eigenvalue weighted by Crippen LogP contribution is -2.22. The average Bonchev–Trinajstić information content (AvgIpc) is 3.62. The van der Waals surface area contributed by atoms with Crippen LogP contribution in [-0.2, 0) is 22.7 Å². The molecule has 0 saturated heterocycles. The molecule has 5 aromatic rings. The van der Waals surface area contributed by atoms with Gasteiger partial charge >= 0.3 is 0 Å². The largest absolute Gasteiger partial charge is 0.360 e. The van der Waals surface area contributed by atoms with Gasteiger partial charge < -0.3 is 9.53 Å². The number of nitrogens with one attached hydrogen (secondary N) is 1. The van der Waals surface area contributed by atoms with Crippen molar-refractivity contribution in [3.8, 4) is 16.8 Å². The van der Waals surface area contributed by atoms with Gasteiger partial charge in [-0.2, -0.15) is 5.10 Å². The maximum atomic E-state index is 13.5. The Morgan fingerprint density at radius 3 is 2.57 bits per heavy atom. The zero-order chi connectivity index (χ0) is 30.9. The van der Waals surface area contributed by atoms with E-state index in [0.29, 0.717) is 24.7 Å². The Morgan fingerprint density at radius 1 is 0.955 bits per heavy atom. The molecule has 44 heavy (non-hydrogen) atoms. The minimum atomic E-state index is -1.14. The van der Waals surface area contributed by atoms with Crippen LogP contribution in [-0.4, -0.2) is 46.2 Å². The zero-order valence-corrected chi connectivity index (χ0v) is 26.8. The molecule has 1 amide bonds. The topological polar surface area (TPSA) is 91.0 Å². The molecule has 5 rings (SSSR count). The Bertz CT molecular complexity index is 1700. The second-order valence-corrected chi connectivity index (χ2v) is 17.9. The molecule has 0 fully saturated rings. The van der Waals surface area contributed by atoms with Gasteiger partial charge in [0.05, 0.1) is 17.4 Å². The van der Waals surface area contributed by atoms with Crippen molar-refractivity contribution in [3.05, 3.63) is 96.4 Å². The molecule has 2 aromatic heterocycles. The first-order valence-electron chi connectivity index (χ1n) is 15.3. The van der Waals surface area contributed by atoms with Crippen LogP contribution >= 0.6 is 0 Å². The standard InChI is InChI=1S/C35H41N5O3Si/c1-44(2,3)21-20-43-26-40-33-18-17-28(23-30(33)24-36-40)27-12-11-13-29(22-27)34(42)38-35-37-31(14-7-4-5-10-19-41)25-39(35)32-15-8-6-9-16-32/h6,8-9,11-13,15-19,22-25H,4-5,7,10,14,20-21,26H2,1-3H3,(H,37,38,42). The summed E-state index contributed by atoms with van der Waals surface area (Å²) in [6.07, 6.45) is 8.95. The number of nitrogens with zero attached hydrogens (tertiary/aromatic N) is 4. The minimum Gasteiger partial charge on any atom is -0.360 e. The number of anilines is 1. The van der Waals surface area contributed by atoms with E-state index in [0.717, 1.165) is 78.0 Å². The van der Waals surface area contributed by atoms with E-state index in [1.165, 1.54) is 0 Å². The van der Waals surface area contributed by atoms with E-state index in [4.69, 9.17) is 9.72 Å². The monoisotopic (exact) mass is 607 g/mol. The maximum absolute atomic E-state index is 13.5. The number of carbonyl (C=O) groups is 2. The van der Waals surface area contributed by atoms with Gasteiger partial charge in [0, 0.05) is 43.9 Å². The number of hydrogen-bond donors (Lipinski definition) is 1. The zero-order valence-electron chi connectivity index (χ0n) is 25.8. The second-order valence-electron chi connectivity index (χ2n) is 12.3. The molecular formula is C35H41N5O3Si. The van der Waals surface area contributed by atoms with Crippen molar-refractivity contribution in [2.24, 2.45) is 0 Å². The highest BCUT2D eigenvalue weighted by molar-refractivity contribution is 6.76. The van der Waals surface area contributed by atoms with Crippen LogP contribution < -0.4 is 5.32 Å². The van der Waals surface area contributed by atoms with Crippen LogP contribution in [0, 0.1) is 0 Å². The molecule has 1 N–H and O–H groups in total. The fraction of sp³-hybridized carbons (Fsp3) is 0.314. The summed E-state index contributed by atoms with van der Waals surface area (Å²) in [6, 6.07) is 24.8. The van der Waals surface area contributed by atoms with E-state index >= 15 is 0 Å². The first-order valence-corrected chi connectivity index (χ1v) is 19.0. The maximum Gasteiger partial charge on any atom is 0.258 e. The van der Waals surface area contributed by atoms with Gasteiger partial charge in [-0.3, -0.25) is 14.7 Å². The molecule has 0 spiro atoms. The van der Waals surface area contributed by atoms with Gasteiger partial charge in [0.2, 0.25) is 5.95 Å². The van der Waals surface area contributed by atoms with Crippen molar-refractivity contribution in [1.82, 2.24) is 19.3 Å². The van der Waals surface area contributed by atoms with Crippen LogP contribution in [0.15, 0.2) is 85.2 Å². The van der Waals surface area contributed by atoms with Gasteiger partial charge in [-0.15, -0.1) is 0 Å². The fourth-order valence-electron chi connectivity index (χ4n) is 5.05. The van der Waals surface area contributed by atoms with Crippen molar-refractivity contribution in [2.75, 3.05) is 11.9 Å². The number of aldehydes is 1. The predicted molar refractivity (Wildman–Crippen MR) is 179 cm³/mol. The third-order valence-corrected chi connectivity index (χ3v) is 9.28. The van der Waals surface area contributed by atoms with E-state index in [9.17, 15) is 9.59 Å². The number of aryl methyl sites for hydroxylation is 1. The molecule has 9 heteroatoms. The first kappa shape index (κ1) is 31.1. The summed E-state index contributed by atoms with van der Waals surface area (Å²) in [5.74, 6) is 0.256. The number of benzene rings is 3. The quantitative estimate of drug-likeness (QED) is 0.0746. The molecule has 2 heterocycles. The third kappa shape index (κ3) is 8.18. The summed E-state index contributed by atoms with van der Waals surface area (Å²) < 4.78 is 9.72. The summed E-state index contributed by atoms with van der Waals surface area (Å²) in [4.78, 5) is 28.9. The third-order valence-electron chi connectivity index (χ3n) is 7.58. The van der Waals surface area contributed by atoms with Crippen LogP contribution in [0.3, 0.4) is 0 Å². The molecule has 228 valence electrons. The summed E-state index contributed by atoms with van der Waals surface area (Å²) >= 11 is 0. The molecule has 0 aliphatic carbocycles. The lowest BCUT2D eigenvalue weighted by Gasteiger charge is -2.15. The SMILES string of the molecule is C[Si](C)(C)CCOCn1ncc2cc(-c3cccc(C(=O)Nc4nc(CCCCCC=O)cn4-c4ccccc4)c3)ccc21. The average molecular weight is 608 g/mol. The van der Waals surface area contributed by atoms with E-state index in [-0.39, 0.29) is 5.91 Å². The van der Waals surface area contributed by atoms with Crippen LogP contribution in [0.25, 0.3) is 27.7 Å². The minimum absolute atomic E-state index is 0.225. The lowest BCUT2D eigenvalue weighted by atomic mass is 10.0. The molecule has 0 aliphatic rings. The highest BCUT2D eigenvalue weighted by atomic mass is 28.3. The molecule has 0 unspecified atom stereocenters.